The van der Waals surface area contributed by atoms with Crippen LogP contribution in [-0.4, -0.2) is 66.7 Å². The van der Waals surface area contributed by atoms with Gasteiger partial charge in [-0.15, -0.1) is 0 Å². The van der Waals surface area contributed by atoms with Crippen LogP contribution in [0.25, 0.3) is 0 Å². The van der Waals surface area contributed by atoms with Gasteiger partial charge in [0, 0.05) is 6.54 Å². The highest BCUT2D eigenvalue weighted by Crippen LogP contribution is 2.37. The van der Waals surface area contributed by atoms with Crippen LogP contribution in [0.1, 0.15) is 46.5 Å². The van der Waals surface area contributed by atoms with Gasteiger partial charge in [-0.25, -0.2) is 0 Å². The van der Waals surface area contributed by atoms with E-state index in [2.05, 4.69) is 6.92 Å². The van der Waals surface area contributed by atoms with Gasteiger partial charge in [0.05, 0.1) is 13.2 Å². The lowest BCUT2D eigenvalue weighted by molar-refractivity contribution is -0.270. The van der Waals surface area contributed by atoms with Gasteiger partial charge in [0.2, 0.25) is 11.7 Å². The molecule has 0 radical (unpaired) electrons. The molecule has 0 aromatic rings. The second-order valence-corrected chi connectivity index (χ2v) is 7.19. The molecule has 7 nitrogen and oxygen atoms in total. The number of amides is 1. The number of rotatable bonds is 5. The summed E-state index contributed by atoms with van der Waals surface area (Å²) in [6, 6.07) is 0. The standard InChI is InChI=1S/C17H27NO6/c1-4-5-6-7-8-18-11-17(22-10-13(18)19)15(20)14-12(9-21-17)23-16(2,3)24-14/h12,14H,4-11H2,1-3H3/t12-,14-,17-/m1/s1. The molecule has 0 bridgehead atoms. The fourth-order valence-corrected chi connectivity index (χ4v) is 3.51. The number of morpholine rings is 1. The van der Waals surface area contributed by atoms with Crippen molar-refractivity contribution in [3.63, 3.8) is 0 Å². The molecule has 136 valence electrons. The third-order valence-corrected chi connectivity index (χ3v) is 4.76. The molecule has 3 aliphatic heterocycles. The minimum atomic E-state index is -1.41. The summed E-state index contributed by atoms with van der Waals surface area (Å²) in [6.45, 7) is 6.53. The van der Waals surface area contributed by atoms with E-state index in [9.17, 15) is 9.59 Å². The second-order valence-electron chi connectivity index (χ2n) is 7.19. The Hall–Kier alpha value is -1.02. The zero-order valence-corrected chi connectivity index (χ0v) is 14.7. The Bertz CT molecular complexity index is 507. The first-order chi connectivity index (χ1) is 11.4. The van der Waals surface area contributed by atoms with Gasteiger partial charge in [-0.3, -0.25) is 9.59 Å². The average molecular weight is 341 g/mol. The van der Waals surface area contributed by atoms with Gasteiger partial charge < -0.3 is 23.8 Å². The van der Waals surface area contributed by atoms with E-state index in [4.69, 9.17) is 18.9 Å². The fourth-order valence-electron chi connectivity index (χ4n) is 3.51. The molecule has 0 aliphatic carbocycles. The highest BCUT2D eigenvalue weighted by Gasteiger charge is 2.59. The van der Waals surface area contributed by atoms with Crippen LogP contribution in [-0.2, 0) is 28.5 Å². The Morgan fingerprint density at radius 3 is 2.67 bits per heavy atom. The van der Waals surface area contributed by atoms with Gasteiger partial charge in [0.1, 0.15) is 12.7 Å². The summed E-state index contributed by atoms with van der Waals surface area (Å²) < 4.78 is 22.8. The molecule has 3 saturated heterocycles. The molecule has 24 heavy (non-hydrogen) atoms. The number of ether oxygens (including phenoxy) is 4. The van der Waals surface area contributed by atoms with E-state index in [1.807, 2.05) is 0 Å². The van der Waals surface area contributed by atoms with Crippen molar-refractivity contribution in [1.29, 1.82) is 0 Å². The Labute approximate surface area is 142 Å². The van der Waals surface area contributed by atoms with Crippen molar-refractivity contribution in [2.75, 3.05) is 26.3 Å². The van der Waals surface area contributed by atoms with Gasteiger partial charge in [-0.2, -0.15) is 0 Å². The number of Topliss-reactive ketones (excluding diaryl/α,β-unsaturated/α-hetero) is 1. The third kappa shape index (κ3) is 3.35. The largest absolute Gasteiger partial charge is 0.342 e. The molecule has 7 heteroatoms. The van der Waals surface area contributed by atoms with Gasteiger partial charge in [-0.05, 0) is 20.3 Å². The fraction of sp³-hybridized carbons (Fsp3) is 0.882. The van der Waals surface area contributed by atoms with Gasteiger partial charge >= 0.3 is 0 Å². The summed E-state index contributed by atoms with van der Waals surface area (Å²) in [4.78, 5) is 26.7. The molecular formula is C17H27NO6. The number of carbonyl (C=O) groups excluding carboxylic acids is 2. The number of fused-ring (bicyclic) bond motifs is 1. The molecule has 0 unspecified atom stereocenters. The van der Waals surface area contributed by atoms with Gasteiger partial charge in [0.25, 0.3) is 5.79 Å². The van der Waals surface area contributed by atoms with Crippen LogP contribution in [0.3, 0.4) is 0 Å². The highest BCUT2D eigenvalue weighted by atomic mass is 16.8. The van der Waals surface area contributed by atoms with Crippen LogP contribution in [0, 0.1) is 0 Å². The average Bonchev–Trinajstić information content (AvgIpc) is 2.86. The lowest BCUT2D eigenvalue weighted by Gasteiger charge is -2.44. The smallest absolute Gasteiger partial charge is 0.250 e. The van der Waals surface area contributed by atoms with Crippen molar-refractivity contribution in [2.45, 2.75) is 70.2 Å². The predicted molar refractivity (Wildman–Crippen MR) is 84.2 cm³/mol. The van der Waals surface area contributed by atoms with Gasteiger partial charge in [0.15, 0.2) is 11.9 Å². The maximum Gasteiger partial charge on any atom is 0.250 e. The molecule has 3 aliphatic rings. The van der Waals surface area contributed by atoms with Crippen molar-refractivity contribution < 1.29 is 28.5 Å². The first kappa shape index (κ1) is 17.8. The van der Waals surface area contributed by atoms with Crippen molar-refractivity contribution >= 4 is 11.7 Å². The van der Waals surface area contributed by atoms with Gasteiger partial charge in [-0.1, -0.05) is 26.2 Å². The van der Waals surface area contributed by atoms with E-state index in [1.165, 1.54) is 0 Å². The van der Waals surface area contributed by atoms with Crippen molar-refractivity contribution in [1.82, 2.24) is 4.90 Å². The molecule has 3 atom stereocenters. The molecule has 1 spiro atoms. The lowest BCUT2D eigenvalue weighted by atomic mass is 9.97. The molecule has 3 heterocycles. The minimum Gasteiger partial charge on any atom is -0.342 e. The van der Waals surface area contributed by atoms with Crippen molar-refractivity contribution in [3.8, 4) is 0 Å². The van der Waals surface area contributed by atoms with Crippen LogP contribution in [0.5, 0.6) is 0 Å². The van der Waals surface area contributed by atoms with Crippen molar-refractivity contribution in [3.05, 3.63) is 0 Å². The topological polar surface area (TPSA) is 74.3 Å². The third-order valence-electron chi connectivity index (χ3n) is 4.76. The number of ketones is 1. The van der Waals surface area contributed by atoms with Crippen LogP contribution in [0.15, 0.2) is 0 Å². The van der Waals surface area contributed by atoms with Crippen molar-refractivity contribution in [2.24, 2.45) is 0 Å². The summed E-state index contributed by atoms with van der Waals surface area (Å²) in [6.07, 6.45) is 3.14. The lowest BCUT2D eigenvalue weighted by Crippen LogP contribution is -2.66. The summed E-state index contributed by atoms with van der Waals surface area (Å²) in [7, 11) is 0. The molecule has 0 N–H and O–H groups in total. The Kier molecular flexibility index (Phi) is 4.97. The zero-order chi connectivity index (χ0) is 17.4. The molecule has 3 fully saturated rings. The van der Waals surface area contributed by atoms with E-state index in [0.717, 1.165) is 25.7 Å². The Morgan fingerprint density at radius 2 is 1.92 bits per heavy atom. The molecule has 1 amide bonds. The van der Waals surface area contributed by atoms with E-state index in [0.29, 0.717) is 6.54 Å². The quantitative estimate of drug-likeness (QED) is 0.701. The van der Waals surface area contributed by atoms with E-state index in [1.54, 1.807) is 18.7 Å². The van der Waals surface area contributed by atoms with Crippen LogP contribution in [0.4, 0.5) is 0 Å². The number of hydrogen-bond acceptors (Lipinski definition) is 6. The molecule has 0 aromatic carbocycles. The second kappa shape index (κ2) is 6.71. The van der Waals surface area contributed by atoms with E-state index in [-0.39, 0.29) is 31.4 Å². The normalized spacial score (nSPS) is 35.5. The summed E-state index contributed by atoms with van der Waals surface area (Å²) >= 11 is 0. The summed E-state index contributed by atoms with van der Waals surface area (Å²) in [5.74, 6) is -2.61. The number of hydrogen-bond donors (Lipinski definition) is 0. The number of unbranched alkanes of at least 4 members (excludes halogenated alkanes) is 3. The maximum atomic E-state index is 12.9. The van der Waals surface area contributed by atoms with Crippen LogP contribution < -0.4 is 0 Å². The number of carbonyl (C=O) groups is 2. The SMILES string of the molecule is CCCCCCN1C[C@]2(OCC1=O)OC[C@H]1OC(C)(C)O[C@H]1C2=O. The highest BCUT2D eigenvalue weighted by molar-refractivity contribution is 5.93. The monoisotopic (exact) mass is 341 g/mol. The number of nitrogens with zero attached hydrogens (tertiary/aromatic N) is 1. The van der Waals surface area contributed by atoms with Crippen LogP contribution in [0.2, 0.25) is 0 Å². The zero-order valence-electron chi connectivity index (χ0n) is 14.7. The Morgan fingerprint density at radius 1 is 1.12 bits per heavy atom. The van der Waals surface area contributed by atoms with E-state index >= 15 is 0 Å². The predicted octanol–water partition coefficient (Wildman–Crippen LogP) is 1.24. The van der Waals surface area contributed by atoms with Crippen LogP contribution >= 0.6 is 0 Å². The molecule has 3 rings (SSSR count). The first-order valence-electron chi connectivity index (χ1n) is 8.82. The molecule has 0 saturated carbocycles. The van der Waals surface area contributed by atoms with E-state index < -0.39 is 23.8 Å². The first-order valence-corrected chi connectivity index (χ1v) is 8.82. The molecule has 0 aromatic heterocycles. The summed E-state index contributed by atoms with van der Waals surface area (Å²) in [5, 5.41) is 0. The maximum absolute atomic E-state index is 12.9. The Balaban J connectivity index is 1.66. The summed E-state index contributed by atoms with van der Waals surface area (Å²) in [5.41, 5.74) is 0. The molecular weight excluding hydrogens is 314 g/mol. The minimum absolute atomic E-state index is 0.0976.